The molecule has 3 rings (SSSR count). The van der Waals surface area contributed by atoms with Crippen molar-refractivity contribution >= 4 is 15.7 Å². The average Bonchev–Trinajstić information content (AvgIpc) is 3.09. The molecule has 0 bridgehead atoms. The lowest BCUT2D eigenvalue weighted by Crippen LogP contribution is -2.40. The molecule has 1 fully saturated rings. The van der Waals surface area contributed by atoms with Gasteiger partial charge in [-0.05, 0) is 18.6 Å². The highest BCUT2D eigenvalue weighted by atomic mass is 32.2. The minimum atomic E-state index is -3.01. The van der Waals surface area contributed by atoms with E-state index in [1.807, 2.05) is 0 Å². The number of rotatable bonds is 4. The molecule has 0 aliphatic carbocycles. The lowest BCUT2D eigenvalue weighted by molar-refractivity contribution is -0.133. The van der Waals surface area contributed by atoms with Crippen molar-refractivity contribution in [2.45, 2.75) is 12.5 Å². The second-order valence-electron chi connectivity index (χ2n) is 5.37. The lowest BCUT2D eigenvalue weighted by atomic mass is 10.2. The highest BCUT2D eigenvalue weighted by molar-refractivity contribution is 7.91. The molecule has 0 spiro atoms. The van der Waals surface area contributed by atoms with Crippen molar-refractivity contribution in [1.29, 1.82) is 0 Å². The maximum absolute atomic E-state index is 12.1. The summed E-state index contributed by atoms with van der Waals surface area (Å²) in [6.45, 7) is 0.0311. The Labute approximate surface area is 128 Å². The van der Waals surface area contributed by atoms with E-state index >= 15 is 0 Å². The molecule has 2 heterocycles. The molecule has 0 N–H and O–H groups in total. The van der Waals surface area contributed by atoms with E-state index in [1.54, 1.807) is 25.2 Å². The summed E-state index contributed by atoms with van der Waals surface area (Å²) < 4.78 is 38.8. The van der Waals surface area contributed by atoms with Crippen LogP contribution in [0.4, 0.5) is 0 Å². The van der Waals surface area contributed by atoms with Crippen LogP contribution in [0.3, 0.4) is 0 Å². The fourth-order valence-electron chi connectivity index (χ4n) is 2.50. The highest BCUT2D eigenvalue weighted by Gasteiger charge is 2.32. The monoisotopic (exact) mass is 327 g/mol. The number of ether oxygens (including phenoxy) is 3. The van der Waals surface area contributed by atoms with Crippen LogP contribution in [0, 0.1) is 0 Å². The van der Waals surface area contributed by atoms with Crippen molar-refractivity contribution < 1.29 is 27.4 Å². The van der Waals surface area contributed by atoms with E-state index in [4.69, 9.17) is 14.2 Å². The summed E-state index contributed by atoms with van der Waals surface area (Å²) in [6, 6.07) is 4.81. The molecule has 1 saturated heterocycles. The number of nitrogens with zero attached hydrogens (tertiary/aromatic N) is 1. The van der Waals surface area contributed by atoms with Gasteiger partial charge in [-0.1, -0.05) is 0 Å². The Morgan fingerprint density at radius 1 is 1.36 bits per heavy atom. The van der Waals surface area contributed by atoms with Crippen LogP contribution >= 0.6 is 0 Å². The third kappa shape index (κ3) is 3.11. The topological polar surface area (TPSA) is 82.1 Å². The number of carbonyl (C=O) groups is 1. The Balaban J connectivity index is 1.56. The summed E-state index contributed by atoms with van der Waals surface area (Å²) in [5.74, 6) is 1.65. The Kier molecular flexibility index (Phi) is 3.86. The third-order valence-electron chi connectivity index (χ3n) is 3.86. The number of amides is 1. The van der Waals surface area contributed by atoms with Crippen molar-refractivity contribution in [2.75, 3.05) is 32.0 Å². The van der Waals surface area contributed by atoms with Gasteiger partial charge in [-0.3, -0.25) is 4.79 Å². The fourth-order valence-corrected chi connectivity index (χ4v) is 4.27. The minimum Gasteiger partial charge on any atom is -0.484 e. The van der Waals surface area contributed by atoms with Gasteiger partial charge in [0.1, 0.15) is 5.75 Å². The van der Waals surface area contributed by atoms with Crippen molar-refractivity contribution in [2.24, 2.45) is 0 Å². The van der Waals surface area contributed by atoms with Crippen molar-refractivity contribution in [3.05, 3.63) is 18.2 Å². The van der Waals surface area contributed by atoms with Gasteiger partial charge in [0.15, 0.2) is 27.9 Å². The van der Waals surface area contributed by atoms with E-state index in [9.17, 15) is 13.2 Å². The van der Waals surface area contributed by atoms with Crippen LogP contribution in [0.1, 0.15) is 6.42 Å². The zero-order valence-electron chi connectivity index (χ0n) is 12.1. The molecule has 0 aromatic heterocycles. The average molecular weight is 327 g/mol. The van der Waals surface area contributed by atoms with Crippen molar-refractivity contribution in [3.63, 3.8) is 0 Å². The van der Waals surface area contributed by atoms with Gasteiger partial charge in [0.2, 0.25) is 6.79 Å². The largest absolute Gasteiger partial charge is 0.484 e. The van der Waals surface area contributed by atoms with E-state index < -0.39 is 9.84 Å². The Morgan fingerprint density at radius 3 is 2.86 bits per heavy atom. The third-order valence-corrected chi connectivity index (χ3v) is 5.61. The number of fused-ring (bicyclic) bond motifs is 1. The fraction of sp³-hybridized carbons (Fsp3) is 0.500. The number of sulfone groups is 1. The minimum absolute atomic E-state index is 0.0270. The first-order valence-corrected chi connectivity index (χ1v) is 8.75. The molecule has 0 radical (unpaired) electrons. The van der Waals surface area contributed by atoms with Gasteiger partial charge in [0.05, 0.1) is 11.5 Å². The first-order valence-electron chi connectivity index (χ1n) is 6.93. The first-order chi connectivity index (χ1) is 10.4. The van der Waals surface area contributed by atoms with Gasteiger partial charge in [-0.15, -0.1) is 0 Å². The molecule has 1 aromatic rings. The SMILES string of the molecule is CN(C(=O)COc1ccc2c(c1)OCO2)C1CCS(=O)(=O)C1. The summed E-state index contributed by atoms with van der Waals surface area (Å²) >= 11 is 0. The van der Waals surface area contributed by atoms with Crippen LogP contribution in [-0.4, -0.2) is 57.2 Å². The molecule has 1 atom stereocenters. The molecular weight excluding hydrogens is 310 g/mol. The second-order valence-corrected chi connectivity index (χ2v) is 7.59. The number of carbonyl (C=O) groups excluding carboxylic acids is 1. The zero-order chi connectivity index (χ0) is 15.7. The Morgan fingerprint density at radius 2 is 2.14 bits per heavy atom. The van der Waals surface area contributed by atoms with Crippen molar-refractivity contribution in [1.82, 2.24) is 4.90 Å². The molecule has 1 aromatic carbocycles. The van der Waals surface area contributed by atoms with Crippen LogP contribution in [0.5, 0.6) is 17.2 Å². The van der Waals surface area contributed by atoms with E-state index in [-0.39, 0.29) is 36.9 Å². The van der Waals surface area contributed by atoms with Crippen LogP contribution in [-0.2, 0) is 14.6 Å². The van der Waals surface area contributed by atoms with Crippen LogP contribution in [0.15, 0.2) is 18.2 Å². The standard InChI is InChI=1S/C14H17NO6S/c1-15(10-4-5-22(17,18)8-10)14(16)7-19-11-2-3-12-13(6-11)21-9-20-12/h2-3,6,10H,4-5,7-9H2,1H3. The maximum Gasteiger partial charge on any atom is 0.260 e. The molecule has 0 saturated carbocycles. The van der Waals surface area contributed by atoms with Gasteiger partial charge in [0, 0.05) is 19.2 Å². The quantitative estimate of drug-likeness (QED) is 0.798. The van der Waals surface area contributed by atoms with E-state index in [2.05, 4.69) is 0 Å². The summed E-state index contributed by atoms with van der Waals surface area (Å²) in [5, 5.41) is 0. The lowest BCUT2D eigenvalue weighted by Gasteiger charge is -2.23. The molecule has 8 heteroatoms. The maximum atomic E-state index is 12.1. The number of benzene rings is 1. The molecule has 2 aliphatic rings. The zero-order valence-corrected chi connectivity index (χ0v) is 13.0. The summed E-state index contributed by atoms with van der Waals surface area (Å²) in [6.07, 6.45) is 0.481. The van der Waals surface area contributed by atoms with Crippen molar-refractivity contribution in [3.8, 4) is 17.2 Å². The molecular formula is C14H17NO6S. The Bertz CT molecular complexity index is 687. The van der Waals surface area contributed by atoms with Crippen LogP contribution in [0.25, 0.3) is 0 Å². The predicted molar refractivity (Wildman–Crippen MR) is 77.9 cm³/mol. The molecule has 120 valence electrons. The first kappa shape index (κ1) is 15.0. The van der Waals surface area contributed by atoms with Gasteiger partial charge < -0.3 is 19.1 Å². The second kappa shape index (κ2) is 5.68. The smallest absolute Gasteiger partial charge is 0.260 e. The highest BCUT2D eigenvalue weighted by Crippen LogP contribution is 2.35. The molecule has 7 nitrogen and oxygen atoms in total. The molecule has 22 heavy (non-hydrogen) atoms. The van der Waals surface area contributed by atoms with Crippen LogP contribution in [0.2, 0.25) is 0 Å². The number of likely N-dealkylation sites (N-methyl/N-ethyl adjacent to an activating group) is 1. The predicted octanol–water partition coefficient (Wildman–Crippen LogP) is 0.440. The van der Waals surface area contributed by atoms with Gasteiger partial charge >= 0.3 is 0 Å². The van der Waals surface area contributed by atoms with E-state index in [1.165, 1.54) is 4.90 Å². The van der Waals surface area contributed by atoms with E-state index in [0.717, 1.165) is 0 Å². The van der Waals surface area contributed by atoms with Gasteiger partial charge in [0.25, 0.3) is 5.91 Å². The molecule has 1 unspecified atom stereocenters. The molecule has 1 amide bonds. The number of hydrogen-bond acceptors (Lipinski definition) is 6. The summed E-state index contributed by atoms with van der Waals surface area (Å²) in [4.78, 5) is 13.6. The summed E-state index contributed by atoms with van der Waals surface area (Å²) in [5.41, 5.74) is 0. The summed E-state index contributed by atoms with van der Waals surface area (Å²) in [7, 11) is -1.41. The Hall–Kier alpha value is -1.96. The normalized spacial score (nSPS) is 21.6. The number of hydrogen-bond donors (Lipinski definition) is 0. The molecule has 2 aliphatic heterocycles. The van der Waals surface area contributed by atoms with Gasteiger partial charge in [-0.25, -0.2) is 8.42 Å². The van der Waals surface area contributed by atoms with E-state index in [0.29, 0.717) is 23.7 Å². The van der Waals surface area contributed by atoms with Crippen LogP contribution < -0.4 is 14.2 Å². The van der Waals surface area contributed by atoms with Gasteiger partial charge in [-0.2, -0.15) is 0 Å².